The van der Waals surface area contributed by atoms with E-state index in [2.05, 4.69) is 5.32 Å². The number of hydrogen-bond acceptors (Lipinski definition) is 5. The second-order valence-corrected chi connectivity index (χ2v) is 4.35. The molecule has 1 heterocycles. The molecule has 0 bridgehead atoms. The van der Waals surface area contributed by atoms with Crippen molar-refractivity contribution in [3.05, 3.63) is 28.1 Å². The number of aliphatic hydroxyl groups excluding tert-OH is 1. The van der Waals surface area contributed by atoms with Gasteiger partial charge in [0.05, 0.1) is 23.8 Å². The van der Waals surface area contributed by atoms with Crippen LogP contribution in [0.1, 0.15) is 23.8 Å². The summed E-state index contributed by atoms with van der Waals surface area (Å²) in [5.74, 6) is -0.457. The van der Waals surface area contributed by atoms with Crippen LogP contribution in [-0.2, 0) is 11.3 Å². The zero-order chi connectivity index (χ0) is 15.1. The average molecular weight is 285 g/mol. The van der Waals surface area contributed by atoms with Gasteiger partial charge in [-0.15, -0.1) is 0 Å². The van der Waals surface area contributed by atoms with Gasteiger partial charge in [0.2, 0.25) is 0 Å². The van der Waals surface area contributed by atoms with Crippen molar-refractivity contribution in [1.29, 1.82) is 0 Å². The van der Waals surface area contributed by atoms with Crippen molar-refractivity contribution in [3.8, 4) is 0 Å². The molecule has 0 radical (unpaired) electrons. The fourth-order valence-electron chi connectivity index (χ4n) is 1.76. The van der Waals surface area contributed by atoms with Gasteiger partial charge in [0.15, 0.2) is 0 Å². The van der Waals surface area contributed by atoms with Gasteiger partial charge in [-0.25, -0.2) is 0 Å². The van der Waals surface area contributed by atoms with Crippen LogP contribution in [0.15, 0.2) is 12.3 Å². The van der Waals surface area contributed by atoms with Gasteiger partial charge in [0.25, 0.3) is 11.6 Å². The molecular weight excluding hydrogens is 266 g/mol. The summed E-state index contributed by atoms with van der Waals surface area (Å²) in [5.41, 5.74) is 0.0872. The number of amides is 1. The maximum Gasteiger partial charge on any atom is 0.287 e. The number of hydrogen-bond donors (Lipinski definition) is 2. The van der Waals surface area contributed by atoms with Crippen molar-refractivity contribution in [1.82, 2.24) is 9.88 Å². The number of aryl methyl sites for hydroxylation is 1. The second kappa shape index (κ2) is 7.61. The lowest BCUT2D eigenvalue weighted by atomic mass is 10.3. The monoisotopic (exact) mass is 285 g/mol. The summed E-state index contributed by atoms with van der Waals surface area (Å²) < 4.78 is 6.28. The van der Waals surface area contributed by atoms with E-state index in [0.29, 0.717) is 6.54 Å². The molecular formula is C12H19N3O5. The number of ether oxygens (including phenoxy) is 1. The number of carbonyl (C=O) groups is 1. The van der Waals surface area contributed by atoms with Crippen molar-refractivity contribution in [2.75, 3.05) is 20.3 Å². The molecule has 0 aliphatic heterocycles. The Hall–Kier alpha value is -1.93. The smallest absolute Gasteiger partial charge is 0.287 e. The van der Waals surface area contributed by atoms with Gasteiger partial charge in [-0.3, -0.25) is 14.9 Å². The summed E-state index contributed by atoms with van der Waals surface area (Å²) in [6, 6.07) is 1.23. The topological polar surface area (TPSA) is 107 Å². The van der Waals surface area contributed by atoms with Crippen LogP contribution < -0.4 is 5.32 Å². The lowest BCUT2D eigenvalue weighted by Gasteiger charge is -2.11. The molecule has 1 rings (SSSR count). The van der Waals surface area contributed by atoms with Crippen LogP contribution in [0, 0.1) is 10.1 Å². The van der Waals surface area contributed by atoms with E-state index in [1.165, 1.54) is 23.9 Å². The Kier molecular flexibility index (Phi) is 6.13. The molecule has 1 amide bonds. The van der Waals surface area contributed by atoms with Gasteiger partial charge in [0.1, 0.15) is 5.69 Å². The standard InChI is InChI=1S/C12H19N3O5/c1-3-4-14-7-9(15(18)19)5-11(14)12(17)13-6-10(16)8-20-2/h5,7,10,16H,3-4,6,8H2,1-2H3,(H,13,17). The molecule has 0 spiro atoms. The zero-order valence-electron chi connectivity index (χ0n) is 11.5. The molecule has 1 atom stereocenters. The summed E-state index contributed by atoms with van der Waals surface area (Å²) in [6.45, 7) is 2.56. The van der Waals surface area contributed by atoms with E-state index in [1.807, 2.05) is 6.92 Å². The van der Waals surface area contributed by atoms with Crippen LogP contribution in [0.4, 0.5) is 5.69 Å². The lowest BCUT2D eigenvalue weighted by molar-refractivity contribution is -0.384. The fourth-order valence-corrected chi connectivity index (χ4v) is 1.76. The third-order valence-corrected chi connectivity index (χ3v) is 2.65. The van der Waals surface area contributed by atoms with Gasteiger partial charge in [0, 0.05) is 26.3 Å². The minimum atomic E-state index is -0.812. The summed E-state index contributed by atoms with van der Waals surface area (Å²) in [6.07, 6.45) is 1.27. The van der Waals surface area contributed by atoms with Crippen LogP contribution in [0.2, 0.25) is 0 Å². The van der Waals surface area contributed by atoms with Crippen LogP contribution in [-0.4, -0.2) is 46.9 Å². The Morgan fingerprint density at radius 3 is 2.90 bits per heavy atom. The number of aliphatic hydroxyl groups is 1. The van der Waals surface area contributed by atoms with Crippen LogP contribution >= 0.6 is 0 Å². The normalized spacial score (nSPS) is 12.2. The highest BCUT2D eigenvalue weighted by molar-refractivity contribution is 5.93. The molecule has 1 aromatic heterocycles. The van der Waals surface area contributed by atoms with E-state index in [0.717, 1.165) is 6.42 Å². The van der Waals surface area contributed by atoms with Gasteiger partial charge in [-0.2, -0.15) is 0 Å². The number of nitrogens with one attached hydrogen (secondary N) is 1. The van der Waals surface area contributed by atoms with E-state index in [-0.39, 0.29) is 24.5 Å². The predicted octanol–water partition coefficient (Wildman–Crippen LogP) is 0.543. The summed E-state index contributed by atoms with van der Waals surface area (Å²) in [4.78, 5) is 22.2. The third-order valence-electron chi connectivity index (χ3n) is 2.65. The van der Waals surface area contributed by atoms with E-state index in [1.54, 1.807) is 0 Å². The summed E-state index contributed by atoms with van der Waals surface area (Å²) >= 11 is 0. The first kappa shape index (κ1) is 16.1. The molecule has 1 aromatic rings. The van der Waals surface area contributed by atoms with Gasteiger partial charge in [-0.05, 0) is 6.42 Å². The van der Waals surface area contributed by atoms with Crippen LogP contribution in [0.5, 0.6) is 0 Å². The Morgan fingerprint density at radius 1 is 1.65 bits per heavy atom. The number of rotatable bonds is 8. The Bertz CT molecular complexity index is 472. The molecule has 8 nitrogen and oxygen atoms in total. The zero-order valence-corrected chi connectivity index (χ0v) is 11.5. The first-order chi connectivity index (χ1) is 9.49. The van der Waals surface area contributed by atoms with E-state index in [9.17, 15) is 20.0 Å². The minimum Gasteiger partial charge on any atom is -0.389 e. The number of carbonyl (C=O) groups excluding carboxylic acids is 1. The van der Waals surface area contributed by atoms with Gasteiger partial charge >= 0.3 is 0 Å². The maximum absolute atomic E-state index is 12.0. The van der Waals surface area contributed by atoms with Crippen LogP contribution in [0.3, 0.4) is 0 Å². The molecule has 2 N–H and O–H groups in total. The van der Waals surface area contributed by atoms with Crippen molar-refractivity contribution in [2.45, 2.75) is 26.0 Å². The summed E-state index contributed by atoms with van der Waals surface area (Å²) in [5, 5.41) is 22.7. The maximum atomic E-state index is 12.0. The molecule has 20 heavy (non-hydrogen) atoms. The molecule has 0 aromatic carbocycles. The van der Waals surface area contributed by atoms with Crippen molar-refractivity contribution in [3.63, 3.8) is 0 Å². The van der Waals surface area contributed by atoms with Crippen molar-refractivity contribution < 1.29 is 19.6 Å². The molecule has 0 saturated heterocycles. The lowest BCUT2D eigenvalue weighted by Crippen LogP contribution is -2.35. The van der Waals surface area contributed by atoms with Gasteiger partial charge in [-0.1, -0.05) is 6.92 Å². The average Bonchev–Trinajstić information content (AvgIpc) is 2.81. The minimum absolute atomic E-state index is 0.0256. The van der Waals surface area contributed by atoms with Crippen molar-refractivity contribution >= 4 is 11.6 Å². The third kappa shape index (κ3) is 4.32. The second-order valence-electron chi connectivity index (χ2n) is 4.35. The highest BCUT2D eigenvalue weighted by Gasteiger charge is 2.19. The number of nitro groups is 1. The number of methoxy groups -OCH3 is 1. The molecule has 1 unspecified atom stereocenters. The molecule has 8 heteroatoms. The molecule has 0 aliphatic carbocycles. The van der Waals surface area contributed by atoms with E-state index in [4.69, 9.17) is 4.74 Å². The predicted molar refractivity (Wildman–Crippen MR) is 71.6 cm³/mol. The van der Waals surface area contributed by atoms with Crippen molar-refractivity contribution in [2.24, 2.45) is 0 Å². The van der Waals surface area contributed by atoms with E-state index >= 15 is 0 Å². The first-order valence-electron chi connectivity index (χ1n) is 6.29. The number of aromatic nitrogens is 1. The largest absolute Gasteiger partial charge is 0.389 e. The Labute approximate surface area is 116 Å². The highest BCUT2D eigenvalue weighted by atomic mass is 16.6. The van der Waals surface area contributed by atoms with Gasteiger partial charge < -0.3 is 19.7 Å². The number of nitrogens with zero attached hydrogens (tertiary/aromatic N) is 2. The quantitative estimate of drug-likeness (QED) is 0.535. The molecule has 112 valence electrons. The van der Waals surface area contributed by atoms with Crippen LogP contribution in [0.25, 0.3) is 0 Å². The SMILES string of the molecule is CCCn1cc([N+](=O)[O-])cc1C(=O)NCC(O)COC. The molecule has 0 saturated carbocycles. The first-order valence-corrected chi connectivity index (χ1v) is 6.29. The Morgan fingerprint density at radius 2 is 2.35 bits per heavy atom. The molecule has 0 fully saturated rings. The Balaban J connectivity index is 2.77. The van der Waals surface area contributed by atoms with E-state index < -0.39 is 16.9 Å². The summed E-state index contributed by atoms with van der Waals surface area (Å²) in [7, 11) is 1.45. The fraction of sp³-hybridized carbons (Fsp3) is 0.583. The molecule has 0 aliphatic rings. The highest BCUT2D eigenvalue weighted by Crippen LogP contribution is 2.17.